The number of rotatable bonds is 8. The van der Waals surface area contributed by atoms with Crippen molar-refractivity contribution in [2.45, 2.75) is 36.8 Å². The van der Waals surface area contributed by atoms with E-state index in [9.17, 15) is 10.1 Å². The number of fused-ring (bicyclic) bond motifs is 3. The molecule has 1 amide bonds. The van der Waals surface area contributed by atoms with Gasteiger partial charge < -0.3 is 19.3 Å². The van der Waals surface area contributed by atoms with E-state index < -0.39 is 5.41 Å². The molecule has 4 saturated heterocycles. The Morgan fingerprint density at radius 3 is 2.64 bits per heavy atom. The summed E-state index contributed by atoms with van der Waals surface area (Å²) in [6, 6.07) is 16.5. The molecule has 0 spiro atoms. The average Bonchev–Trinajstić information content (AvgIpc) is 3.79. The van der Waals surface area contributed by atoms with Crippen LogP contribution in [0.5, 0.6) is 5.75 Å². The first-order chi connectivity index (χ1) is 22.0. The molecule has 3 aromatic heterocycles. The highest BCUT2D eigenvalue weighted by Crippen LogP contribution is 2.52. The highest BCUT2D eigenvalue weighted by atomic mass is 35.5. The molecule has 4 aromatic rings. The molecule has 2 atom stereocenters. The van der Waals surface area contributed by atoms with Crippen molar-refractivity contribution in [1.29, 1.82) is 5.26 Å². The van der Waals surface area contributed by atoms with Gasteiger partial charge in [0.2, 0.25) is 5.91 Å². The van der Waals surface area contributed by atoms with E-state index in [2.05, 4.69) is 25.9 Å². The number of ether oxygens (including phenoxy) is 2. The largest absolute Gasteiger partial charge is 0.491 e. The van der Waals surface area contributed by atoms with Crippen LogP contribution in [0.2, 0.25) is 5.02 Å². The van der Waals surface area contributed by atoms with Gasteiger partial charge in [-0.15, -0.1) is 0 Å². The molecule has 1 saturated carbocycles. The van der Waals surface area contributed by atoms with Gasteiger partial charge in [0.1, 0.15) is 24.2 Å². The number of hydrogen-bond donors (Lipinski definition) is 0. The Morgan fingerprint density at radius 2 is 1.93 bits per heavy atom. The van der Waals surface area contributed by atoms with E-state index in [0.717, 1.165) is 93.2 Å². The summed E-state index contributed by atoms with van der Waals surface area (Å²) in [7, 11) is 0. The molecule has 4 aliphatic heterocycles. The molecule has 10 nitrogen and oxygen atoms in total. The van der Waals surface area contributed by atoms with Crippen LogP contribution in [0, 0.1) is 11.3 Å². The number of morpholine rings is 1. The third kappa shape index (κ3) is 5.09. The zero-order valence-electron chi connectivity index (χ0n) is 24.9. The predicted octanol–water partition coefficient (Wildman–Crippen LogP) is 4.15. The van der Waals surface area contributed by atoms with Gasteiger partial charge in [-0.05, 0) is 55.2 Å². The molecule has 5 fully saturated rings. The van der Waals surface area contributed by atoms with Crippen molar-refractivity contribution in [3.63, 3.8) is 0 Å². The molecule has 45 heavy (non-hydrogen) atoms. The first kappa shape index (κ1) is 28.3. The van der Waals surface area contributed by atoms with Crippen molar-refractivity contribution < 1.29 is 14.3 Å². The number of piperidine rings is 1. The maximum Gasteiger partial charge on any atom is 0.233 e. The Morgan fingerprint density at radius 1 is 1.11 bits per heavy atom. The van der Waals surface area contributed by atoms with Gasteiger partial charge in [0, 0.05) is 55.1 Å². The Bertz CT molecular complexity index is 1780. The van der Waals surface area contributed by atoms with E-state index >= 15 is 0 Å². The van der Waals surface area contributed by atoms with Crippen LogP contribution in [0.15, 0.2) is 61.1 Å². The van der Waals surface area contributed by atoms with Gasteiger partial charge in [0.15, 0.2) is 0 Å². The summed E-state index contributed by atoms with van der Waals surface area (Å²) in [6.45, 7) is 6.21. The van der Waals surface area contributed by atoms with Crippen LogP contribution in [-0.4, -0.2) is 94.9 Å². The quantitative estimate of drug-likeness (QED) is 0.289. The van der Waals surface area contributed by atoms with E-state index in [0.29, 0.717) is 22.9 Å². The van der Waals surface area contributed by atoms with E-state index in [4.69, 9.17) is 26.1 Å². The number of aromatic nitrogens is 3. The van der Waals surface area contributed by atoms with Crippen molar-refractivity contribution in [2.24, 2.45) is 0 Å². The summed E-state index contributed by atoms with van der Waals surface area (Å²) in [5.74, 6) is 1.83. The molecule has 0 N–H and O–H groups in total. The van der Waals surface area contributed by atoms with Gasteiger partial charge in [-0.1, -0.05) is 23.7 Å². The summed E-state index contributed by atoms with van der Waals surface area (Å²) < 4.78 is 13.3. The summed E-state index contributed by atoms with van der Waals surface area (Å²) in [5, 5.41) is 14.9. The van der Waals surface area contributed by atoms with Crippen LogP contribution >= 0.6 is 11.6 Å². The second kappa shape index (κ2) is 11.3. The van der Waals surface area contributed by atoms with Crippen LogP contribution < -0.4 is 9.64 Å². The fraction of sp³-hybridized carbons (Fsp3) is 0.412. The fourth-order valence-corrected chi connectivity index (χ4v) is 7.43. The van der Waals surface area contributed by atoms with E-state index in [1.807, 2.05) is 54.9 Å². The molecule has 0 radical (unpaired) electrons. The minimum absolute atomic E-state index is 0.185. The lowest BCUT2D eigenvalue weighted by Gasteiger charge is -2.57. The second-order valence-corrected chi connectivity index (χ2v) is 12.9. The number of anilines is 1. The molecular weight excluding hydrogens is 590 g/mol. The summed E-state index contributed by atoms with van der Waals surface area (Å²) >= 11 is 6.27. The molecule has 2 unspecified atom stereocenters. The number of pyridine rings is 2. The monoisotopic (exact) mass is 623 g/mol. The zero-order chi connectivity index (χ0) is 30.5. The summed E-state index contributed by atoms with van der Waals surface area (Å²) in [4.78, 5) is 25.4. The lowest BCUT2D eigenvalue weighted by atomic mass is 9.83. The van der Waals surface area contributed by atoms with Crippen molar-refractivity contribution >= 4 is 28.8 Å². The van der Waals surface area contributed by atoms with Crippen LogP contribution in [0.3, 0.4) is 0 Å². The Balaban J connectivity index is 0.978. The summed E-state index contributed by atoms with van der Waals surface area (Å²) in [5.41, 5.74) is 3.59. The second-order valence-electron chi connectivity index (χ2n) is 12.5. The molecule has 11 heteroatoms. The minimum atomic E-state index is -0.411. The molecule has 1 aromatic carbocycles. The maximum absolute atomic E-state index is 13.8. The van der Waals surface area contributed by atoms with Gasteiger partial charge in [-0.25, -0.2) is 9.50 Å². The molecule has 2 bridgehead atoms. The maximum atomic E-state index is 13.8. The zero-order valence-corrected chi connectivity index (χ0v) is 25.7. The molecule has 7 heterocycles. The van der Waals surface area contributed by atoms with E-state index in [1.54, 1.807) is 10.7 Å². The van der Waals surface area contributed by atoms with Gasteiger partial charge in [0.05, 0.1) is 54.2 Å². The normalized spacial score (nSPS) is 22.1. The van der Waals surface area contributed by atoms with Crippen molar-refractivity contribution in [1.82, 2.24) is 24.4 Å². The molecule has 1 aliphatic carbocycles. The predicted molar refractivity (Wildman–Crippen MR) is 170 cm³/mol. The Hall–Kier alpha value is -4.17. The van der Waals surface area contributed by atoms with Gasteiger partial charge >= 0.3 is 0 Å². The van der Waals surface area contributed by atoms with Gasteiger partial charge in [0.25, 0.3) is 0 Å². The number of benzene rings is 1. The first-order valence-electron chi connectivity index (χ1n) is 15.7. The lowest BCUT2D eigenvalue weighted by Crippen LogP contribution is -2.71. The van der Waals surface area contributed by atoms with Crippen LogP contribution in [-0.2, 0) is 14.9 Å². The molecule has 9 rings (SSSR count). The molecular formula is C34H34ClN7O3. The third-order valence-corrected chi connectivity index (χ3v) is 10.1. The van der Waals surface area contributed by atoms with Crippen molar-refractivity contribution in [2.75, 3.05) is 57.4 Å². The smallest absolute Gasteiger partial charge is 0.233 e. The highest BCUT2D eigenvalue weighted by molar-refractivity contribution is 6.30. The number of nitriles is 1. The SMILES string of the molecule is N#Cc1cnn2cc(OCCN3CCOCC3)cc(-c3ccc(N4CC5CC(C4)N5C(=O)C4(c5cccc(Cl)c5)CC4)nc3)c12. The number of carbonyl (C=O) groups is 1. The lowest BCUT2D eigenvalue weighted by molar-refractivity contribution is -0.149. The van der Waals surface area contributed by atoms with Crippen LogP contribution in [0.1, 0.15) is 30.4 Å². The third-order valence-electron chi connectivity index (χ3n) is 9.83. The number of piperazine rings is 1. The summed E-state index contributed by atoms with van der Waals surface area (Å²) in [6.07, 6.45) is 8.06. The average molecular weight is 624 g/mol. The molecule has 230 valence electrons. The number of carbonyl (C=O) groups excluding carboxylic acids is 1. The minimum Gasteiger partial charge on any atom is -0.491 e. The highest BCUT2D eigenvalue weighted by Gasteiger charge is 2.59. The number of amides is 1. The number of halogens is 1. The van der Waals surface area contributed by atoms with E-state index in [-0.39, 0.29) is 18.0 Å². The van der Waals surface area contributed by atoms with Crippen LogP contribution in [0.4, 0.5) is 5.82 Å². The fourth-order valence-electron chi connectivity index (χ4n) is 7.24. The topological polar surface area (TPSA) is 99.2 Å². The number of hydrogen-bond acceptors (Lipinski definition) is 8. The standard InChI is InChI=1S/C34H34ClN7O3/c35-26-3-1-2-25(14-26)34(6-7-34)33(43)42-27-15-28(42)21-40(20-27)31-5-4-23(18-37-31)30-16-29(22-41-32(30)24(17-36)19-38-41)45-13-10-39-8-11-44-12-9-39/h1-5,14,16,18-19,22,27-28H,6-13,15,20-21H2. The Kier molecular flexibility index (Phi) is 7.12. The number of nitrogens with zero attached hydrogens (tertiary/aromatic N) is 7. The van der Waals surface area contributed by atoms with Crippen LogP contribution in [0.25, 0.3) is 16.6 Å². The Labute approximate surface area is 266 Å². The molecule has 5 aliphatic rings. The van der Waals surface area contributed by atoms with E-state index in [1.165, 1.54) is 0 Å². The van der Waals surface area contributed by atoms with Crippen molar-refractivity contribution in [3.8, 4) is 22.9 Å². The van der Waals surface area contributed by atoms with Crippen molar-refractivity contribution in [3.05, 3.63) is 77.2 Å². The first-order valence-corrected chi connectivity index (χ1v) is 16.0. The van der Waals surface area contributed by atoms with Gasteiger partial charge in [-0.3, -0.25) is 9.69 Å². The van der Waals surface area contributed by atoms with Gasteiger partial charge in [-0.2, -0.15) is 10.4 Å².